The number of aryl methyl sites for hydroxylation is 1. The van der Waals surface area contributed by atoms with Gasteiger partial charge in [0.25, 0.3) is 0 Å². The topological polar surface area (TPSA) is 109 Å². The monoisotopic (exact) mass is 484 g/mol. The minimum absolute atomic E-state index is 0.262. The maximum Gasteiger partial charge on any atom is 0.348 e. The van der Waals surface area contributed by atoms with Gasteiger partial charge in [0.1, 0.15) is 27.2 Å². The zero-order chi connectivity index (χ0) is 23.1. The molecule has 0 atom stereocenters. The van der Waals surface area contributed by atoms with E-state index in [0.717, 1.165) is 18.4 Å². The molecule has 0 aliphatic heterocycles. The number of halogens is 1. The third-order valence-electron chi connectivity index (χ3n) is 5.35. The van der Waals surface area contributed by atoms with E-state index in [1.807, 2.05) is 11.5 Å². The van der Waals surface area contributed by atoms with Crippen molar-refractivity contribution in [2.45, 2.75) is 43.6 Å². The van der Waals surface area contributed by atoms with Crippen LogP contribution in [0.25, 0.3) is 21.6 Å². The summed E-state index contributed by atoms with van der Waals surface area (Å²) in [7, 11) is 0. The molecule has 1 aliphatic carbocycles. The second-order valence-corrected chi connectivity index (χ2v) is 9.60. The number of ether oxygens (including phenoxy) is 1. The first-order valence-corrected chi connectivity index (χ1v) is 12.3. The normalized spacial score (nSPS) is 13.5. The number of benzene rings is 1. The molecule has 170 valence electrons. The molecule has 1 fully saturated rings. The largest absolute Gasteiger partial charge is 0.462 e. The highest BCUT2D eigenvalue weighted by atomic mass is 32.2. The molecule has 0 saturated heterocycles. The van der Waals surface area contributed by atoms with Gasteiger partial charge in [-0.15, -0.1) is 21.5 Å². The molecule has 0 radical (unpaired) electrons. The molecule has 4 aromatic rings. The molecule has 0 bridgehead atoms. The third-order valence-corrected chi connectivity index (χ3v) is 7.45. The van der Waals surface area contributed by atoms with Gasteiger partial charge in [0.05, 0.1) is 23.3 Å². The van der Waals surface area contributed by atoms with Gasteiger partial charge < -0.3 is 10.5 Å². The van der Waals surface area contributed by atoms with Crippen LogP contribution >= 0.6 is 23.1 Å². The molecule has 0 amide bonds. The Balaban J connectivity index is 1.44. The van der Waals surface area contributed by atoms with Crippen molar-refractivity contribution in [2.75, 3.05) is 12.3 Å². The van der Waals surface area contributed by atoms with E-state index in [1.165, 1.54) is 29.2 Å². The Morgan fingerprint density at radius 1 is 1.30 bits per heavy atom. The first-order valence-electron chi connectivity index (χ1n) is 10.5. The van der Waals surface area contributed by atoms with Crippen LogP contribution in [-0.2, 0) is 10.5 Å². The molecule has 8 nitrogen and oxygen atoms in total. The van der Waals surface area contributed by atoms with Crippen LogP contribution in [0.4, 0.5) is 10.2 Å². The number of nitrogens with zero attached hydrogens (tertiary/aromatic N) is 5. The summed E-state index contributed by atoms with van der Waals surface area (Å²) in [5, 5.41) is 9.97. The average molecular weight is 485 g/mol. The number of rotatable bonds is 7. The molecular weight excluding hydrogens is 463 g/mol. The molecule has 0 spiro atoms. The number of thioether (sulfide) groups is 1. The molecule has 3 aromatic heterocycles. The molecule has 11 heteroatoms. The molecule has 3 heterocycles. The first-order chi connectivity index (χ1) is 16.0. The maximum absolute atomic E-state index is 14.4. The van der Waals surface area contributed by atoms with Gasteiger partial charge in [-0.1, -0.05) is 23.9 Å². The van der Waals surface area contributed by atoms with Crippen molar-refractivity contribution in [2.24, 2.45) is 0 Å². The van der Waals surface area contributed by atoms with Crippen molar-refractivity contribution >= 4 is 45.1 Å². The Morgan fingerprint density at radius 3 is 2.82 bits per heavy atom. The van der Waals surface area contributed by atoms with Crippen molar-refractivity contribution in [3.63, 3.8) is 0 Å². The lowest BCUT2D eigenvalue weighted by Gasteiger charge is -2.09. The fraction of sp³-hybridized carbons (Fsp3) is 0.318. The Bertz CT molecular complexity index is 1360. The molecular formula is C22H21FN6O2S2. The summed E-state index contributed by atoms with van der Waals surface area (Å²) in [5.74, 6) is 1.09. The van der Waals surface area contributed by atoms with Gasteiger partial charge in [-0.3, -0.25) is 4.57 Å². The van der Waals surface area contributed by atoms with Crippen LogP contribution < -0.4 is 5.73 Å². The van der Waals surface area contributed by atoms with Crippen molar-refractivity contribution in [1.82, 2.24) is 24.7 Å². The smallest absolute Gasteiger partial charge is 0.348 e. The fourth-order valence-electron chi connectivity index (χ4n) is 3.66. The number of anilines is 1. The van der Waals surface area contributed by atoms with E-state index in [-0.39, 0.29) is 17.8 Å². The molecule has 33 heavy (non-hydrogen) atoms. The van der Waals surface area contributed by atoms with Gasteiger partial charge in [-0.25, -0.2) is 19.2 Å². The molecule has 5 rings (SSSR count). The van der Waals surface area contributed by atoms with Crippen LogP contribution in [-0.4, -0.2) is 37.3 Å². The van der Waals surface area contributed by atoms with E-state index < -0.39 is 0 Å². The van der Waals surface area contributed by atoms with E-state index >= 15 is 0 Å². The van der Waals surface area contributed by atoms with Gasteiger partial charge >= 0.3 is 5.97 Å². The van der Waals surface area contributed by atoms with E-state index in [9.17, 15) is 9.18 Å². The predicted molar refractivity (Wildman–Crippen MR) is 126 cm³/mol. The quantitative estimate of drug-likeness (QED) is 0.295. The zero-order valence-electron chi connectivity index (χ0n) is 18.0. The highest BCUT2D eigenvalue weighted by Gasteiger charge is 2.31. The number of thiophene rings is 1. The number of carbonyl (C=O) groups excluding carboxylic acids is 1. The van der Waals surface area contributed by atoms with Crippen molar-refractivity contribution in [3.05, 3.63) is 46.3 Å². The average Bonchev–Trinajstić information content (AvgIpc) is 3.45. The number of carbonyl (C=O) groups is 1. The Kier molecular flexibility index (Phi) is 5.75. The predicted octanol–water partition coefficient (Wildman–Crippen LogP) is 4.78. The van der Waals surface area contributed by atoms with Crippen molar-refractivity contribution < 1.29 is 13.9 Å². The Labute approximate surface area is 197 Å². The summed E-state index contributed by atoms with van der Waals surface area (Å²) in [5.41, 5.74) is 7.38. The van der Waals surface area contributed by atoms with Crippen LogP contribution in [0.3, 0.4) is 0 Å². The number of nitrogens with two attached hydrogens (primary N) is 1. The van der Waals surface area contributed by atoms with Gasteiger partial charge in [0, 0.05) is 6.04 Å². The second kappa shape index (κ2) is 8.71. The second-order valence-electron chi connectivity index (χ2n) is 7.66. The number of fused-ring (bicyclic) bond motifs is 1. The lowest BCUT2D eigenvalue weighted by molar-refractivity contribution is 0.0531. The molecule has 2 N–H and O–H groups in total. The van der Waals surface area contributed by atoms with E-state index in [1.54, 1.807) is 25.1 Å². The molecule has 1 aliphatic rings. The standard InChI is InChI=1S/C22H21FN6O2S2/c1-3-31-21(30)17-11(2)16-18(24)25-15(26-20(16)33-17)10-32-22-28-27-19(29(22)12-8-9-12)13-6-4-5-7-14(13)23/h4-7,12H,3,8-10H2,1-2H3,(H2,24,25,26). The van der Waals surface area contributed by atoms with Gasteiger partial charge in [-0.2, -0.15) is 0 Å². The lowest BCUT2D eigenvalue weighted by atomic mass is 10.2. The number of esters is 1. The Hall–Kier alpha value is -3.05. The number of hydrogen-bond donors (Lipinski definition) is 1. The fourth-order valence-corrected chi connectivity index (χ4v) is 5.63. The molecule has 0 unspecified atom stereocenters. The molecule has 1 saturated carbocycles. The summed E-state index contributed by atoms with van der Waals surface area (Å²) >= 11 is 2.69. The van der Waals surface area contributed by atoms with Gasteiger partial charge in [-0.05, 0) is 44.4 Å². The van der Waals surface area contributed by atoms with E-state index in [4.69, 9.17) is 10.5 Å². The minimum atomic E-state index is -0.383. The number of aromatic nitrogens is 5. The minimum Gasteiger partial charge on any atom is -0.462 e. The van der Waals surface area contributed by atoms with Crippen LogP contribution in [0.15, 0.2) is 29.4 Å². The zero-order valence-corrected chi connectivity index (χ0v) is 19.7. The first kappa shape index (κ1) is 21.8. The number of hydrogen-bond acceptors (Lipinski definition) is 9. The third kappa shape index (κ3) is 4.06. The van der Waals surface area contributed by atoms with E-state index in [0.29, 0.717) is 55.6 Å². The highest BCUT2D eigenvalue weighted by Crippen LogP contribution is 2.42. The van der Waals surface area contributed by atoms with Gasteiger partial charge in [0.2, 0.25) is 0 Å². The van der Waals surface area contributed by atoms with Crippen LogP contribution in [0, 0.1) is 12.7 Å². The summed E-state index contributed by atoms with van der Waals surface area (Å²) in [6.07, 6.45) is 2.02. The van der Waals surface area contributed by atoms with Gasteiger partial charge in [0.15, 0.2) is 11.0 Å². The lowest BCUT2D eigenvalue weighted by Crippen LogP contribution is -2.04. The highest BCUT2D eigenvalue weighted by molar-refractivity contribution is 7.98. The summed E-state index contributed by atoms with van der Waals surface area (Å²) in [4.78, 5) is 22.5. The maximum atomic E-state index is 14.4. The van der Waals surface area contributed by atoms with Crippen molar-refractivity contribution in [3.8, 4) is 11.4 Å². The SMILES string of the molecule is CCOC(=O)c1sc2nc(CSc3nnc(-c4ccccc4F)n3C3CC3)nc(N)c2c1C. The Morgan fingerprint density at radius 2 is 2.09 bits per heavy atom. The van der Waals surface area contributed by atoms with Crippen LogP contribution in [0.5, 0.6) is 0 Å². The number of nitrogen functional groups attached to an aromatic ring is 1. The summed E-state index contributed by atoms with van der Waals surface area (Å²) < 4.78 is 21.5. The van der Waals surface area contributed by atoms with Crippen LogP contribution in [0.1, 0.15) is 46.9 Å². The summed E-state index contributed by atoms with van der Waals surface area (Å²) in [6.45, 7) is 3.88. The van der Waals surface area contributed by atoms with E-state index in [2.05, 4.69) is 20.2 Å². The molecule has 1 aromatic carbocycles. The summed E-state index contributed by atoms with van der Waals surface area (Å²) in [6, 6.07) is 6.84. The van der Waals surface area contributed by atoms with Crippen molar-refractivity contribution in [1.29, 1.82) is 0 Å². The van der Waals surface area contributed by atoms with Crippen LogP contribution in [0.2, 0.25) is 0 Å².